The minimum Gasteiger partial charge on any atom is -0.497 e. The summed E-state index contributed by atoms with van der Waals surface area (Å²) in [5.41, 5.74) is 3.06. The maximum Gasteiger partial charge on any atom is 0.277 e. The maximum atomic E-state index is 13.1. The highest BCUT2D eigenvalue weighted by molar-refractivity contribution is 6.60. The predicted molar refractivity (Wildman–Crippen MR) is 101 cm³/mol. The highest BCUT2D eigenvalue weighted by Crippen LogP contribution is 2.40. The molecule has 2 aromatic carbocycles. The van der Waals surface area contributed by atoms with Gasteiger partial charge in [-0.15, -0.1) is 0 Å². The van der Waals surface area contributed by atoms with Crippen molar-refractivity contribution in [2.45, 2.75) is 13.8 Å². The summed E-state index contributed by atoms with van der Waals surface area (Å²) in [5.74, 6) is -0.201. The number of ether oxygens (including phenoxy) is 2. The third-order valence-corrected chi connectivity index (χ3v) is 4.66. The van der Waals surface area contributed by atoms with Crippen LogP contribution >= 0.6 is 11.6 Å². The highest BCUT2D eigenvalue weighted by atomic mass is 35.5. The Labute approximate surface area is 156 Å². The molecule has 2 amide bonds. The van der Waals surface area contributed by atoms with Crippen molar-refractivity contribution in [2.24, 2.45) is 0 Å². The van der Waals surface area contributed by atoms with Gasteiger partial charge >= 0.3 is 0 Å². The zero-order valence-corrected chi connectivity index (χ0v) is 15.7. The Morgan fingerprint density at radius 2 is 1.65 bits per heavy atom. The molecule has 1 aliphatic heterocycles. The van der Waals surface area contributed by atoms with Crippen LogP contribution in [-0.4, -0.2) is 26.0 Å². The van der Waals surface area contributed by atoms with Crippen molar-refractivity contribution in [3.8, 4) is 11.5 Å². The molecule has 1 heterocycles. The standard InChI is InChI=1S/C20H18ClNO4/c1-11-5-7-14(12(2)9-11)17-18(21)20(24)22(19(17)23)15-10-13(25-3)6-8-16(15)26-4/h5-10H,1-4H3. The number of aryl methyl sites for hydroxylation is 2. The van der Waals surface area contributed by atoms with E-state index < -0.39 is 11.8 Å². The van der Waals surface area contributed by atoms with Gasteiger partial charge in [-0.05, 0) is 37.1 Å². The van der Waals surface area contributed by atoms with Crippen molar-refractivity contribution >= 4 is 34.7 Å². The third-order valence-electron chi connectivity index (χ3n) is 4.31. The van der Waals surface area contributed by atoms with E-state index in [1.54, 1.807) is 24.3 Å². The van der Waals surface area contributed by atoms with Gasteiger partial charge in [-0.1, -0.05) is 35.4 Å². The van der Waals surface area contributed by atoms with Gasteiger partial charge in [0.2, 0.25) is 0 Å². The molecule has 0 bridgehead atoms. The first-order valence-corrected chi connectivity index (χ1v) is 8.35. The van der Waals surface area contributed by atoms with Crippen LogP contribution in [0.2, 0.25) is 0 Å². The highest BCUT2D eigenvalue weighted by Gasteiger charge is 2.41. The van der Waals surface area contributed by atoms with Crippen LogP contribution in [0.1, 0.15) is 16.7 Å². The van der Waals surface area contributed by atoms with Gasteiger partial charge in [0, 0.05) is 6.07 Å². The van der Waals surface area contributed by atoms with Crippen LogP contribution in [0.5, 0.6) is 11.5 Å². The Bertz CT molecular complexity index is 949. The predicted octanol–water partition coefficient (Wildman–Crippen LogP) is 3.84. The topological polar surface area (TPSA) is 55.8 Å². The molecule has 0 aromatic heterocycles. The fourth-order valence-corrected chi connectivity index (χ4v) is 3.29. The number of halogens is 1. The fourth-order valence-electron chi connectivity index (χ4n) is 3.02. The number of rotatable bonds is 4. The Hall–Kier alpha value is -2.79. The van der Waals surface area contributed by atoms with Crippen molar-refractivity contribution in [1.29, 1.82) is 0 Å². The summed E-state index contributed by atoms with van der Waals surface area (Å²) < 4.78 is 10.5. The van der Waals surface area contributed by atoms with E-state index in [-0.39, 0.29) is 10.6 Å². The second-order valence-electron chi connectivity index (χ2n) is 5.99. The zero-order valence-electron chi connectivity index (χ0n) is 14.9. The zero-order chi connectivity index (χ0) is 19.0. The van der Waals surface area contributed by atoms with Crippen LogP contribution in [-0.2, 0) is 9.59 Å². The van der Waals surface area contributed by atoms with Crippen LogP contribution < -0.4 is 14.4 Å². The average molecular weight is 372 g/mol. The number of carbonyl (C=O) groups is 2. The summed E-state index contributed by atoms with van der Waals surface area (Å²) in [6.45, 7) is 3.84. The number of hydrogen-bond acceptors (Lipinski definition) is 4. The Morgan fingerprint density at radius 3 is 2.27 bits per heavy atom. The summed E-state index contributed by atoms with van der Waals surface area (Å²) in [4.78, 5) is 26.9. The van der Waals surface area contributed by atoms with Crippen molar-refractivity contribution in [2.75, 3.05) is 19.1 Å². The molecule has 0 spiro atoms. The van der Waals surface area contributed by atoms with E-state index in [1.165, 1.54) is 14.2 Å². The van der Waals surface area contributed by atoms with Crippen LogP contribution in [0.15, 0.2) is 41.4 Å². The van der Waals surface area contributed by atoms with Gasteiger partial charge in [0.05, 0.1) is 25.5 Å². The SMILES string of the molecule is COc1ccc(OC)c(N2C(=O)C(Cl)=C(c3ccc(C)cc3C)C2=O)c1. The van der Waals surface area contributed by atoms with E-state index in [2.05, 4.69) is 0 Å². The summed E-state index contributed by atoms with van der Waals surface area (Å²) in [6.07, 6.45) is 0. The third kappa shape index (κ3) is 2.84. The number of hydrogen-bond donors (Lipinski definition) is 0. The lowest BCUT2D eigenvalue weighted by atomic mass is 9.99. The minimum absolute atomic E-state index is 0.105. The molecule has 0 atom stereocenters. The molecule has 0 fully saturated rings. The molecule has 26 heavy (non-hydrogen) atoms. The lowest BCUT2D eigenvalue weighted by molar-refractivity contribution is -0.119. The summed E-state index contributed by atoms with van der Waals surface area (Å²) in [7, 11) is 2.97. The smallest absolute Gasteiger partial charge is 0.277 e. The van der Waals surface area contributed by atoms with E-state index in [9.17, 15) is 9.59 Å². The second-order valence-corrected chi connectivity index (χ2v) is 6.37. The first-order chi connectivity index (χ1) is 12.4. The molecule has 134 valence electrons. The second kappa shape index (κ2) is 6.84. The normalized spacial score (nSPS) is 14.3. The van der Waals surface area contributed by atoms with E-state index in [0.29, 0.717) is 22.7 Å². The molecule has 0 N–H and O–H groups in total. The molecule has 0 aliphatic carbocycles. The number of methoxy groups -OCH3 is 2. The van der Waals surface area contributed by atoms with Crippen LogP contribution in [0.4, 0.5) is 5.69 Å². The number of imide groups is 1. The number of carbonyl (C=O) groups excluding carboxylic acids is 2. The van der Waals surface area contributed by atoms with Crippen LogP contribution in [0.25, 0.3) is 5.57 Å². The van der Waals surface area contributed by atoms with Crippen molar-refractivity contribution in [3.05, 3.63) is 58.1 Å². The van der Waals surface area contributed by atoms with Crippen molar-refractivity contribution in [1.82, 2.24) is 0 Å². The number of anilines is 1. The maximum absolute atomic E-state index is 13.1. The molecule has 0 saturated heterocycles. The molecule has 0 radical (unpaired) electrons. The first kappa shape index (κ1) is 18.0. The van der Waals surface area contributed by atoms with E-state index in [0.717, 1.165) is 16.0 Å². The number of amides is 2. The summed E-state index contributed by atoms with van der Waals surface area (Å²) in [5, 5.41) is -0.105. The molecule has 2 aromatic rings. The lowest BCUT2D eigenvalue weighted by Gasteiger charge is -2.19. The average Bonchev–Trinajstić information content (AvgIpc) is 2.84. The molecule has 5 nitrogen and oxygen atoms in total. The van der Waals surface area contributed by atoms with E-state index in [4.69, 9.17) is 21.1 Å². The van der Waals surface area contributed by atoms with Crippen LogP contribution in [0.3, 0.4) is 0 Å². The summed E-state index contributed by atoms with van der Waals surface area (Å²) >= 11 is 6.28. The van der Waals surface area contributed by atoms with Crippen molar-refractivity contribution in [3.63, 3.8) is 0 Å². The molecule has 3 rings (SSSR count). The largest absolute Gasteiger partial charge is 0.497 e. The van der Waals surface area contributed by atoms with Gasteiger partial charge < -0.3 is 9.47 Å². The Kier molecular flexibility index (Phi) is 4.74. The van der Waals surface area contributed by atoms with E-state index >= 15 is 0 Å². The van der Waals surface area contributed by atoms with Gasteiger partial charge in [-0.2, -0.15) is 0 Å². The van der Waals surface area contributed by atoms with Gasteiger partial charge in [0.25, 0.3) is 11.8 Å². The van der Waals surface area contributed by atoms with Crippen LogP contribution in [0, 0.1) is 13.8 Å². The molecular weight excluding hydrogens is 354 g/mol. The Balaban J connectivity index is 2.12. The van der Waals surface area contributed by atoms with Gasteiger partial charge in [-0.25, -0.2) is 4.90 Å². The van der Waals surface area contributed by atoms with Gasteiger partial charge in [0.15, 0.2) is 0 Å². The first-order valence-electron chi connectivity index (χ1n) is 7.97. The number of nitrogens with zero attached hydrogens (tertiary/aromatic N) is 1. The minimum atomic E-state index is -0.585. The lowest BCUT2D eigenvalue weighted by Crippen LogP contribution is -2.31. The summed E-state index contributed by atoms with van der Waals surface area (Å²) in [6, 6.07) is 10.5. The quantitative estimate of drug-likeness (QED) is 0.766. The molecule has 0 unspecified atom stereocenters. The van der Waals surface area contributed by atoms with Gasteiger partial charge in [-0.3, -0.25) is 9.59 Å². The Morgan fingerprint density at radius 1 is 0.923 bits per heavy atom. The fraction of sp³-hybridized carbons (Fsp3) is 0.200. The molecule has 1 aliphatic rings. The number of benzene rings is 2. The molecular formula is C20H18ClNO4. The monoisotopic (exact) mass is 371 g/mol. The van der Waals surface area contributed by atoms with Crippen molar-refractivity contribution < 1.29 is 19.1 Å². The van der Waals surface area contributed by atoms with Gasteiger partial charge in [0.1, 0.15) is 16.5 Å². The molecule has 0 saturated carbocycles. The van der Waals surface area contributed by atoms with E-state index in [1.807, 2.05) is 26.0 Å². The molecule has 6 heteroatoms.